The lowest BCUT2D eigenvalue weighted by Crippen LogP contribution is -2.14. The first-order chi connectivity index (χ1) is 15.9. The summed E-state index contributed by atoms with van der Waals surface area (Å²) in [6.45, 7) is 2.10. The summed E-state index contributed by atoms with van der Waals surface area (Å²) < 4.78 is 47.1. The molecule has 3 aromatic rings. The van der Waals surface area contributed by atoms with Crippen molar-refractivity contribution in [3.05, 3.63) is 65.9 Å². The van der Waals surface area contributed by atoms with E-state index >= 15 is 0 Å². The summed E-state index contributed by atoms with van der Waals surface area (Å²) in [5.41, 5.74) is 1.38. The summed E-state index contributed by atoms with van der Waals surface area (Å²) in [5, 5.41) is 5.83. The van der Waals surface area contributed by atoms with Gasteiger partial charge in [-0.15, -0.1) is 0 Å². The van der Waals surface area contributed by atoms with E-state index in [0.717, 1.165) is 44.7 Å². The molecule has 0 spiro atoms. The first-order valence-corrected chi connectivity index (χ1v) is 11.3. The number of nitrogens with one attached hydrogen (secondary N) is 2. The van der Waals surface area contributed by atoms with Crippen LogP contribution in [0.3, 0.4) is 0 Å². The van der Waals surface area contributed by atoms with Crippen molar-refractivity contribution in [1.82, 2.24) is 9.97 Å². The number of hydrogen-bond donors (Lipinski definition) is 2. The SMILES string of the molecule is CCCc1ccc(Nc2ncc(C(F)(F)F)c(Nc3ccccc3OC3CCCC3)n2)cc1. The van der Waals surface area contributed by atoms with Crippen LogP contribution in [-0.4, -0.2) is 16.1 Å². The summed E-state index contributed by atoms with van der Waals surface area (Å²) >= 11 is 0. The van der Waals surface area contributed by atoms with Gasteiger partial charge >= 0.3 is 6.18 Å². The molecule has 1 fully saturated rings. The van der Waals surface area contributed by atoms with Gasteiger partial charge < -0.3 is 15.4 Å². The fraction of sp³-hybridized carbons (Fsp3) is 0.360. The molecule has 0 aliphatic heterocycles. The molecular weight excluding hydrogens is 429 g/mol. The Bertz CT molecular complexity index is 1060. The van der Waals surface area contributed by atoms with Gasteiger partial charge in [0.15, 0.2) is 0 Å². The number of anilines is 4. The summed E-state index contributed by atoms with van der Waals surface area (Å²) in [6.07, 6.45) is 2.35. The van der Waals surface area contributed by atoms with Crippen molar-refractivity contribution >= 4 is 23.1 Å². The minimum atomic E-state index is -4.61. The van der Waals surface area contributed by atoms with Gasteiger partial charge in [0.05, 0.1) is 11.8 Å². The number of alkyl halides is 3. The number of hydrogen-bond acceptors (Lipinski definition) is 5. The fourth-order valence-electron chi connectivity index (χ4n) is 3.90. The van der Waals surface area contributed by atoms with Crippen LogP contribution in [0.1, 0.15) is 50.2 Å². The Morgan fingerprint density at radius 2 is 1.73 bits per heavy atom. The maximum atomic E-state index is 13.7. The number of ether oxygens (including phenoxy) is 1. The molecule has 0 saturated heterocycles. The number of aromatic nitrogens is 2. The van der Waals surface area contributed by atoms with Crippen LogP contribution in [0.25, 0.3) is 0 Å². The zero-order chi connectivity index (χ0) is 23.3. The first kappa shape index (κ1) is 22.9. The second kappa shape index (κ2) is 10.1. The Morgan fingerprint density at radius 1 is 1.00 bits per heavy atom. The molecule has 1 aliphatic rings. The molecule has 8 heteroatoms. The van der Waals surface area contributed by atoms with E-state index in [2.05, 4.69) is 27.5 Å². The summed E-state index contributed by atoms with van der Waals surface area (Å²) in [6, 6.07) is 14.7. The Balaban J connectivity index is 1.60. The number of halogens is 3. The largest absolute Gasteiger partial charge is 0.488 e. The van der Waals surface area contributed by atoms with Gasteiger partial charge in [0.1, 0.15) is 17.1 Å². The predicted molar refractivity (Wildman–Crippen MR) is 123 cm³/mol. The minimum Gasteiger partial charge on any atom is -0.488 e. The summed E-state index contributed by atoms with van der Waals surface area (Å²) in [7, 11) is 0. The van der Waals surface area contributed by atoms with Crippen LogP contribution in [0, 0.1) is 0 Å². The van der Waals surface area contributed by atoms with Crippen LogP contribution in [0.4, 0.5) is 36.3 Å². The van der Waals surface area contributed by atoms with Crippen molar-refractivity contribution in [3.8, 4) is 5.75 Å². The number of rotatable bonds is 8. The van der Waals surface area contributed by atoms with E-state index in [1.54, 1.807) is 24.3 Å². The highest BCUT2D eigenvalue weighted by atomic mass is 19.4. The third-order valence-corrected chi connectivity index (χ3v) is 5.58. The molecule has 1 heterocycles. The van der Waals surface area contributed by atoms with Gasteiger partial charge in [0.25, 0.3) is 0 Å². The number of benzene rings is 2. The van der Waals surface area contributed by atoms with Crippen LogP contribution in [0.2, 0.25) is 0 Å². The molecule has 1 aliphatic carbocycles. The average Bonchev–Trinajstić information content (AvgIpc) is 3.29. The lowest BCUT2D eigenvalue weighted by molar-refractivity contribution is -0.137. The number of aryl methyl sites for hydroxylation is 1. The van der Waals surface area contributed by atoms with E-state index in [1.807, 2.05) is 24.3 Å². The summed E-state index contributed by atoms with van der Waals surface area (Å²) in [4.78, 5) is 8.05. The second-order valence-corrected chi connectivity index (χ2v) is 8.17. The van der Waals surface area contributed by atoms with Gasteiger partial charge in [-0.3, -0.25) is 0 Å². The molecule has 2 N–H and O–H groups in total. The maximum absolute atomic E-state index is 13.7. The Labute approximate surface area is 191 Å². The van der Waals surface area contributed by atoms with Crippen molar-refractivity contribution in [2.45, 2.75) is 57.7 Å². The standard InChI is InChI=1S/C25H27F3N4O/c1-2-7-17-12-14-18(15-13-17)30-24-29-16-20(25(26,27)28)23(32-24)31-21-10-5-6-11-22(21)33-19-8-3-4-9-19/h5-6,10-16,19H,2-4,7-9H2,1H3,(H2,29,30,31,32). The molecule has 174 valence electrons. The average molecular weight is 457 g/mol. The quantitative estimate of drug-likeness (QED) is 0.374. The first-order valence-electron chi connectivity index (χ1n) is 11.3. The number of nitrogens with zero attached hydrogens (tertiary/aromatic N) is 2. The molecular formula is C25H27F3N4O. The van der Waals surface area contributed by atoms with E-state index in [0.29, 0.717) is 17.1 Å². The second-order valence-electron chi connectivity index (χ2n) is 8.17. The van der Waals surface area contributed by atoms with Crippen LogP contribution in [0.5, 0.6) is 5.75 Å². The molecule has 0 radical (unpaired) electrons. The van der Waals surface area contributed by atoms with Crippen molar-refractivity contribution in [1.29, 1.82) is 0 Å². The van der Waals surface area contributed by atoms with Crippen LogP contribution < -0.4 is 15.4 Å². The Hall–Kier alpha value is -3.29. The molecule has 1 saturated carbocycles. The minimum absolute atomic E-state index is 0.0722. The molecule has 0 amide bonds. The molecule has 4 rings (SSSR count). The van der Waals surface area contributed by atoms with Gasteiger partial charge in [0, 0.05) is 11.9 Å². The lowest BCUT2D eigenvalue weighted by Gasteiger charge is -2.19. The van der Waals surface area contributed by atoms with Gasteiger partial charge in [-0.25, -0.2) is 4.98 Å². The normalized spacial score (nSPS) is 14.3. The van der Waals surface area contributed by atoms with E-state index in [1.165, 1.54) is 5.56 Å². The monoisotopic (exact) mass is 456 g/mol. The molecule has 0 atom stereocenters. The topological polar surface area (TPSA) is 59.1 Å². The highest BCUT2D eigenvalue weighted by Gasteiger charge is 2.35. The molecule has 0 unspecified atom stereocenters. The van der Waals surface area contributed by atoms with Crippen LogP contribution in [-0.2, 0) is 12.6 Å². The van der Waals surface area contributed by atoms with Gasteiger partial charge in [-0.1, -0.05) is 37.6 Å². The Kier molecular flexibility index (Phi) is 7.01. The number of para-hydroxylation sites is 2. The third-order valence-electron chi connectivity index (χ3n) is 5.58. The van der Waals surface area contributed by atoms with E-state index < -0.39 is 11.7 Å². The van der Waals surface area contributed by atoms with Gasteiger partial charge in [-0.2, -0.15) is 18.2 Å². The lowest BCUT2D eigenvalue weighted by atomic mass is 10.1. The predicted octanol–water partition coefficient (Wildman–Crippen LogP) is 7.26. The van der Waals surface area contributed by atoms with E-state index in [4.69, 9.17) is 4.74 Å². The molecule has 1 aromatic heterocycles. The van der Waals surface area contributed by atoms with Crippen LogP contribution in [0.15, 0.2) is 54.7 Å². The van der Waals surface area contributed by atoms with Crippen LogP contribution >= 0.6 is 0 Å². The van der Waals surface area contributed by atoms with Crippen molar-refractivity contribution in [3.63, 3.8) is 0 Å². The highest BCUT2D eigenvalue weighted by Crippen LogP contribution is 2.38. The van der Waals surface area contributed by atoms with E-state index in [-0.39, 0.29) is 17.9 Å². The fourth-order valence-corrected chi connectivity index (χ4v) is 3.90. The maximum Gasteiger partial charge on any atom is 0.421 e. The molecule has 2 aromatic carbocycles. The molecule has 33 heavy (non-hydrogen) atoms. The van der Waals surface area contributed by atoms with E-state index in [9.17, 15) is 13.2 Å². The highest BCUT2D eigenvalue weighted by molar-refractivity contribution is 5.67. The smallest absolute Gasteiger partial charge is 0.421 e. The van der Waals surface area contributed by atoms with Gasteiger partial charge in [0.2, 0.25) is 5.95 Å². The zero-order valence-electron chi connectivity index (χ0n) is 18.5. The van der Waals surface area contributed by atoms with Crippen molar-refractivity contribution in [2.75, 3.05) is 10.6 Å². The van der Waals surface area contributed by atoms with Crippen molar-refractivity contribution in [2.24, 2.45) is 0 Å². The van der Waals surface area contributed by atoms with Gasteiger partial charge in [-0.05, 0) is 61.9 Å². The Morgan fingerprint density at radius 3 is 2.42 bits per heavy atom. The molecule has 5 nitrogen and oxygen atoms in total. The zero-order valence-corrected chi connectivity index (χ0v) is 18.5. The third kappa shape index (κ3) is 5.94. The molecule has 0 bridgehead atoms. The summed E-state index contributed by atoms with van der Waals surface area (Å²) in [5.74, 6) is 0.255. The van der Waals surface area contributed by atoms with Crippen molar-refractivity contribution < 1.29 is 17.9 Å².